The summed E-state index contributed by atoms with van der Waals surface area (Å²) >= 11 is 0. The summed E-state index contributed by atoms with van der Waals surface area (Å²) in [7, 11) is 3.91. The van der Waals surface area contributed by atoms with E-state index in [9.17, 15) is 14.4 Å². The van der Waals surface area contributed by atoms with Gasteiger partial charge in [0, 0.05) is 43.4 Å². The summed E-state index contributed by atoms with van der Waals surface area (Å²) in [6.07, 6.45) is 1.10. The first-order valence-electron chi connectivity index (χ1n) is 9.33. The fraction of sp³-hybridized carbons (Fsp3) is 0.381. The lowest BCUT2D eigenvalue weighted by molar-refractivity contribution is -0.118. The molecule has 1 aromatic heterocycles. The lowest BCUT2D eigenvalue weighted by Crippen LogP contribution is -2.38. The van der Waals surface area contributed by atoms with E-state index in [-0.39, 0.29) is 11.2 Å². The molecule has 1 aliphatic carbocycles. The highest BCUT2D eigenvalue weighted by Gasteiger charge is 2.42. The number of hydrogen-bond acceptors (Lipinski definition) is 5. The number of ketones is 1. The second kappa shape index (κ2) is 6.22. The number of fused-ring (bicyclic) bond motifs is 1. The molecule has 28 heavy (non-hydrogen) atoms. The van der Waals surface area contributed by atoms with Gasteiger partial charge in [-0.1, -0.05) is 26.0 Å². The Morgan fingerprint density at radius 3 is 2.32 bits per heavy atom. The van der Waals surface area contributed by atoms with Crippen molar-refractivity contribution in [1.82, 2.24) is 9.97 Å². The third-order valence-electron chi connectivity index (χ3n) is 5.50. The molecule has 2 aromatic rings. The van der Waals surface area contributed by atoms with E-state index in [2.05, 4.69) is 15.3 Å². The van der Waals surface area contributed by atoms with E-state index >= 15 is 0 Å². The van der Waals surface area contributed by atoms with Crippen molar-refractivity contribution in [2.75, 3.05) is 24.3 Å². The number of carbonyl (C=O) groups is 1. The lowest BCUT2D eigenvalue weighted by atomic mass is 9.69. The molecule has 146 valence electrons. The summed E-state index contributed by atoms with van der Waals surface area (Å²) in [5.74, 6) is -0.0944. The van der Waals surface area contributed by atoms with Gasteiger partial charge in [0.25, 0.3) is 5.56 Å². The van der Waals surface area contributed by atoms with Gasteiger partial charge in [0.1, 0.15) is 5.82 Å². The fourth-order valence-corrected chi connectivity index (χ4v) is 4.24. The first-order valence-corrected chi connectivity index (χ1v) is 9.33. The van der Waals surface area contributed by atoms with Crippen LogP contribution in [0.3, 0.4) is 0 Å². The molecule has 7 heteroatoms. The minimum atomic E-state index is -0.566. The van der Waals surface area contributed by atoms with E-state index < -0.39 is 17.2 Å². The molecule has 1 aliphatic heterocycles. The van der Waals surface area contributed by atoms with Gasteiger partial charge in [-0.3, -0.25) is 19.6 Å². The molecule has 3 N–H and O–H groups in total. The average molecular weight is 380 g/mol. The zero-order valence-electron chi connectivity index (χ0n) is 16.5. The Hall–Kier alpha value is -3.09. The topological polar surface area (TPSA) is 98.1 Å². The van der Waals surface area contributed by atoms with Crippen molar-refractivity contribution in [2.45, 2.75) is 32.6 Å². The van der Waals surface area contributed by atoms with Crippen molar-refractivity contribution >= 4 is 17.3 Å². The Morgan fingerprint density at radius 1 is 1.00 bits per heavy atom. The van der Waals surface area contributed by atoms with Crippen LogP contribution >= 0.6 is 0 Å². The van der Waals surface area contributed by atoms with E-state index in [4.69, 9.17) is 0 Å². The van der Waals surface area contributed by atoms with Crippen molar-refractivity contribution in [3.63, 3.8) is 0 Å². The SMILES string of the molecule is CN(C)c1ccc(C2C3=C(CC(C)(C)CC3=O)Nc3[nH]c(=O)[nH]c(=O)c32)cc1. The molecule has 7 nitrogen and oxygen atoms in total. The van der Waals surface area contributed by atoms with Crippen LogP contribution in [0.5, 0.6) is 0 Å². The highest BCUT2D eigenvalue weighted by molar-refractivity contribution is 6.01. The Labute approximate surface area is 162 Å². The van der Waals surface area contributed by atoms with Gasteiger partial charge < -0.3 is 10.2 Å². The van der Waals surface area contributed by atoms with Gasteiger partial charge in [0.15, 0.2) is 5.78 Å². The zero-order chi connectivity index (χ0) is 20.2. The Kier molecular flexibility index (Phi) is 4.06. The summed E-state index contributed by atoms with van der Waals surface area (Å²) in [5, 5.41) is 3.17. The summed E-state index contributed by atoms with van der Waals surface area (Å²) in [6, 6.07) is 7.82. The van der Waals surface area contributed by atoms with E-state index in [1.165, 1.54) is 0 Å². The number of rotatable bonds is 2. The van der Waals surface area contributed by atoms with Crippen molar-refractivity contribution in [2.24, 2.45) is 5.41 Å². The van der Waals surface area contributed by atoms with Gasteiger partial charge >= 0.3 is 5.69 Å². The maximum atomic E-state index is 13.1. The van der Waals surface area contributed by atoms with Crippen LogP contribution in [0.4, 0.5) is 11.5 Å². The molecular weight excluding hydrogens is 356 g/mol. The van der Waals surface area contributed by atoms with Gasteiger partial charge in [-0.2, -0.15) is 0 Å². The van der Waals surface area contributed by atoms with Gasteiger partial charge in [-0.25, -0.2) is 4.79 Å². The minimum absolute atomic E-state index is 0.0386. The van der Waals surface area contributed by atoms with E-state index in [1.807, 2.05) is 57.1 Å². The van der Waals surface area contributed by atoms with Crippen LogP contribution < -0.4 is 21.5 Å². The van der Waals surface area contributed by atoms with Gasteiger partial charge in [0.2, 0.25) is 0 Å². The Balaban J connectivity index is 1.95. The second-order valence-corrected chi connectivity index (χ2v) is 8.57. The normalized spacial score (nSPS) is 20.3. The number of hydrogen-bond donors (Lipinski definition) is 3. The van der Waals surface area contributed by atoms with E-state index in [1.54, 1.807) is 0 Å². The molecule has 0 saturated carbocycles. The largest absolute Gasteiger partial charge is 0.378 e. The van der Waals surface area contributed by atoms with Gasteiger partial charge in [-0.05, 0) is 29.5 Å². The van der Waals surface area contributed by atoms with Gasteiger partial charge in [-0.15, -0.1) is 0 Å². The maximum absolute atomic E-state index is 13.1. The number of carbonyl (C=O) groups excluding carboxylic acids is 1. The molecule has 0 spiro atoms. The van der Waals surface area contributed by atoms with Crippen LogP contribution in [0.15, 0.2) is 45.1 Å². The Bertz CT molecular complexity index is 1100. The van der Waals surface area contributed by atoms with Crippen molar-refractivity contribution < 1.29 is 4.79 Å². The number of nitrogens with one attached hydrogen (secondary N) is 3. The van der Waals surface area contributed by atoms with Crippen LogP contribution in [0.25, 0.3) is 0 Å². The van der Waals surface area contributed by atoms with Crippen molar-refractivity contribution in [3.05, 3.63) is 67.5 Å². The number of aromatic amines is 2. The molecule has 0 radical (unpaired) electrons. The fourth-order valence-electron chi connectivity index (χ4n) is 4.24. The van der Waals surface area contributed by atoms with Crippen molar-refractivity contribution in [3.8, 4) is 0 Å². The van der Waals surface area contributed by atoms with E-state index in [0.29, 0.717) is 29.8 Å². The maximum Gasteiger partial charge on any atom is 0.327 e. The lowest BCUT2D eigenvalue weighted by Gasteiger charge is -2.38. The molecule has 0 fully saturated rings. The molecule has 4 rings (SSSR count). The standard InChI is InChI=1S/C21H24N4O3/c1-21(2)9-13-16(14(26)10-21)15(11-5-7-12(8-6-11)25(3)4)17-18(22-13)23-20(28)24-19(17)27/h5-8,15H,9-10H2,1-4H3,(H3,22,23,24,27,28). The van der Waals surface area contributed by atoms with Crippen LogP contribution in [-0.4, -0.2) is 29.8 Å². The number of Topliss-reactive ketones (excluding diaryl/α,β-unsaturated/α-hetero) is 1. The van der Waals surface area contributed by atoms with Crippen LogP contribution in [-0.2, 0) is 4.79 Å². The number of anilines is 2. The molecule has 0 amide bonds. The number of allylic oxidation sites excluding steroid dienone is 2. The van der Waals surface area contributed by atoms with Crippen LogP contribution in [0.2, 0.25) is 0 Å². The minimum Gasteiger partial charge on any atom is -0.378 e. The number of benzene rings is 1. The monoisotopic (exact) mass is 380 g/mol. The third-order valence-corrected chi connectivity index (χ3v) is 5.50. The number of nitrogens with zero attached hydrogens (tertiary/aromatic N) is 1. The number of aromatic nitrogens is 2. The third kappa shape index (κ3) is 2.96. The molecule has 2 heterocycles. The molecule has 0 bridgehead atoms. The predicted molar refractivity (Wildman–Crippen MR) is 109 cm³/mol. The first-order chi connectivity index (χ1) is 13.2. The highest BCUT2D eigenvalue weighted by Crippen LogP contribution is 2.47. The summed E-state index contributed by atoms with van der Waals surface area (Å²) < 4.78 is 0. The van der Waals surface area contributed by atoms with Crippen LogP contribution in [0, 0.1) is 5.41 Å². The molecule has 1 aromatic carbocycles. The van der Waals surface area contributed by atoms with Crippen molar-refractivity contribution in [1.29, 1.82) is 0 Å². The summed E-state index contributed by atoms with van der Waals surface area (Å²) in [5.41, 5.74) is 2.45. The average Bonchev–Trinajstić information content (AvgIpc) is 2.58. The molecular formula is C21H24N4O3. The molecule has 1 unspecified atom stereocenters. The smallest absolute Gasteiger partial charge is 0.327 e. The zero-order valence-corrected chi connectivity index (χ0v) is 16.5. The highest BCUT2D eigenvalue weighted by atomic mass is 16.2. The summed E-state index contributed by atoms with van der Waals surface area (Å²) in [4.78, 5) is 44.6. The van der Waals surface area contributed by atoms with Gasteiger partial charge in [0.05, 0.1) is 5.56 Å². The summed E-state index contributed by atoms with van der Waals surface area (Å²) in [6.45, 7) is 4.10. The molecule has 1 atom stereocenters. The second-order valence-electron chi connectivity index (χ2n) is 8.57. The van der Waals surface area contributed by atoms with E-state index in [0.717, 1.165) is 16.9 Å². The number of H-pyrrole nitrogens is 2. The molecule has 2 aliphatic rings. The quantitative estimate of drug-likeness (QED) is 0.743. The predicted octanol–water partition coefficient (Wildman–Crippen LogP) is 2.33. The Morgan fingerprint density at radius 2 is 1.68 bits per heavy atom. The first kappa shape index (κ1) is 18.3. The molecule has 0 saturated heterocycles. The van der Waals surface area contributed by atoms with Crippen LogP contribution in [0.1, 0.15) is 43.7 Å².